The molecule has 0 aliphatic rings. The first-order chi connectivity index (χ1) is 27.2. The highest BCUT2D eigenvalue weighted by Gasteiger charge is 2.20. The van der Waals surface area contributed by atoms with E-state index in [0.717, 1.165) is 82.8 Å². The normalized spacial score (nSPS) is 11.6. The van der Waals surface area contributed by atoms with E-state index in [4.69, 9.17) is 0 Å². The van der Waals surface area contributed by atoms with Crippen LogP contribution in [0.1, 0.15) is 11.1 Å². The van der Waals surface area contributed by atoms with Crippen LogP contribution >= 0.6 is 0 Å². The Labute approximate surface area is 316 Å². The van der Waals surface area contributed by atoms with Crippen molar-refractivity contribution in [1.29, 1.82) is 10.5 Å². The Hall–Kier alpha value is -7.86. The molecule has 0 spiro atoms. The van der Waals surface area contributed by atoms with Gasteiger partial charge in [-0.2, -0.15) is 10.5 Å². The largest absolute Gasteiger partial charge is 0.309 e. The van der Waals surface area contributed by atoms with Gasteiger partial charge in [0, 0.05) is 49.3 Å². The summed E-state index contributed by atoms with van der Waals surface area (Å²) in [5.41, 5.74) is 12.7. The fourth-order valence-corrected chi connectivity index (χ4v) is 8.78. The van der Waals surface area contributed by atoms with Gasteiger partial charge in [0.1, 0.15) is 0 Å². The first-order valence-corrected chi connectivity index (χ1v) is 18.3. The molecule has 0 saturated carbocycles. The minimum Gasteiger partial charge on any atom is -0.309 e. The summed E-state index contributed by atoms with van der Waals surface area (Å²) in [6.45, 7) is 0. The summed E-state index contributed by atoms with van der Waals surface area (Å²) in [4.78, 5) is 0. The van der Waals surface area contributed by atoms with Crippen LogP contribution in [0.4, 0.5) is 0 Å². The fourth-order valence-electron chi connectivity index (χ4n) is 8.78. The van der Waals surface area contributed by atoms with E-state index < -0.39 is 0 Å². The van der Waals surface area contributed by atoms with Gasteiger partial charge in [-0.05, 0) is 84.4 Å². The third-order valence-electron chi connectivity index (χ3n) is 11.1. The van der Waals surface area contributed by atoms with Crippen LogP contribution in [0.2, 0.25) is 0 Å². The third kappa shape index (κ3) is 4.45. The van der Waals surface area contributed by atoms with Crippen LogP contribution in [-0.4, -0.2) is 13.7 Å². The second kappa shape index (κ2) is 11.8. The molecule has 11 aromatic rings. The molecule has 8 aromatic carbocycles. The maximum Gasteiger partial charge on any atom is 0.0998 e. The molecule has 55 heavy (non-hydrogen) atoms. The van der Waals surface area contributed by atoms with E-state index in [1.165, 1.54) is 10.8 Å². The van der Waals surface area contributed by atoms with Gasteiger partial charge in [-0.3, -0.25) is 0 Å². The topological polar surface area (TPSA) is 62.4 Å². The Morgan fingerprint density at radius 1 is 0.345 bits per heavy atom. The molecule has 11 rings (SSSR count). The molecular weight excluding hydrogens is 671 g/mol. The Morgan fingerprint density at radius 3 is 1.45 bits per heavy atom. The minimum absolute atomic E-state index is 0.607. The summed E-state index contributed by atoms with van der Waals surface area (Å²) in [5.74, 6) is 0. The van der Waals surface area contributed by atoms with E-state index in [9.17, 15) is 10.5 Å². The van der Waals surface area contributed by atoms with Crippen molar-refractivity contribution in [2.45, 2.75) is 0 Å². The van der Waals surface area contributed by atoms with Crippen molar-refractivity contribution in [2.75, 3.05) is 0 Å². The lowest BCUT2D eigenvalue weighted by atomic mass is 9.97. The predicted octanol–water partition coefficient (Wildman–Crippen LogP) is 12.4. The molecule has 0 fully saturated rings. The third-order valence-corrected chi connectivity index (χ3v) is 11.1. The smallest absolute Gasteiger partial charge is 0.0998 e. The number of para-hydroxylation sites is 4. The highest BCUT2D eigenvalue weighted by atomic mass is 15.0. The quantitative estimate of drug-likeness (QED) is 0.184. The summed E-state index contributed by atoms with van der Waals surface area (Å²) in [5, 5.41) is 27.1. The van der Waals surface area contributed by atoms with Gasteiger partial charge in [0.15, 0.2) is 0 Å². The number of nitrogens with zero attached hydrogens (tertiary/aromatic N) is 5. The van der Waals surface area contributed by atoms with E-state index in [1.807, 2.05) is 42.5 Å². The molecule has 0 unspecified atom stereocenters. The van der Waals surface area contributed by atoms with Gasteiger partial charge in [0.25, 0.3) is 0 Å². The van der Waals surface area contributed by atoms with Crippen LogP contribution in [0, 0.1) is 22.7 Å². The standard InChI is InChI=1S/C50H29N5/c51-30-32-20-27-47-42(28-32)40-14-4-7-17-45(40)53(47)35-23-21-33(22-24-35)50-34(31-52)10-9-19-48(50)55-46-18-8-3-13-39(46)41-26-25-36(29-49(41)55)54-43-15-5-1-11-37(43)38-12-2-6-16-44(38)54/h1-29H. The van der Waals surface area contributed by atoms with Gasteiger partial charge in [-0.15, -0.1) is 0 Å². The summed E-state index contributed by atoms with van der Waals surface area (Å²) < 4.78 is 6.93. The highest BCUT2D eigenvalue weighted by Crippen LogP contribution is 2.41. The average molecular weight is 700 g/mol. The number of benzene rings is 8. The van der Waals surface area contributed by atoms with Crippen LogP contribution in [0.25, 0.3) is 93.6 Å². The van der Waals surface area contributed by atoms with Crippen LogP contribution in [0.5, 0.6) is 0 Å². The van der Waals surface area contributed by atoms with E-state index in [1.54, 1.807) is 0 Å². The van der Waals surface area contributed by atoms with Crippen molar-refractivity contribution >= 4 is 65.4 Å². The number of hydrogen-bond acceptors (Lipinski definition) is 2. The van der Waals surface area contributed by atoms with Crippen molar-refractivity contribution in [3.8, 4) is 40.3 Å². The molecule has 0 amide bonds. The zero-order valence-electron chi connectivity index (χ0n) is 29.5. The number of hydrogen-bond donors (Lipinski definition) is 0. The van der Waals surface area contributed by atoms with Crippen molar-refractivity contribution in [3.05, 3.63) is 187 Å². The van der Waals surface area contributed by atoms with Crippen molar-refractivity contribution < 1.29 is 0 Å². The van der Waals surface area contributed by atoms with E-state index >= 15 is 0 Å². The molecular formula is C50H29N5. The van der Waals surface area contributed by atoms with Gasteiger partial charge in [0.05, 0.1) is 62.1 Å². The van der Waals surface area contributed by atoms with Gasteiger partial charge in [-0.25, -0.2) is 0 Å². The molecule has 0 saturated heterocycles. The highest BCUT2D eigenvalue weighted by molar-refractivity contribution is 6.13. The molecule has 5 nitrogen and oxygen atoms in total. The predicted molar refractivity (Wildman–Crippen MR) is 224 cm³/mol. The number of rotatable bonds is 4. The second-order valence-corrected chi connectivity index (χ2v) is 14.0. The molecule has 0 aliphatic carbocycles. The number of aromatic nitrogens is 3. The molecule has 3 aromatic heterocycles. The molecule has 0 aliphatic heterocycles. The molecule has 5 heteroatoms. The Balaban J connectivity index is 1.13. The Bertz CT molecular complexity index is 3400. The van der Waals surface area contributed by atoms with Crippen LogP contribution in [0.15, 0.2) is 176 Å². The zero-order chi connectivity index (χ0) is 36.6. The van der Waals surface area contributed by atoms with Gasteiger partial charge < -0.3 is 13.7 Å². The maximum atomic E-state index is 10.6. The summed E-state index contributed by atoms with van der Waals surface area (Å²) in [6, 6.07) is 66.0. The zero-order valence-corrected chi connectivity index (χ0v) is 29.5. The molecule has 0 atom stereocenters. The first kappa shape index (κ1) is 30.7. The van der Waals surface area contributed by atoms with Crippen LogP contribution in [-0.2, 0) is 0 Å². The van der Waals surface area contributed by atoms with Gasteiger partial charge in [-0.1, -0.05) is 97.1 Å². The minimum atomic E-state index is 0.607. The van der Waals surface area contributed by atoms with Crippen LogP contribution in [0.3, 0.4) is 0 Å². The van der Waals surface area contributed by atoms with Gasteiger partial charge >= 0.3 is 0 Å². The lowest BCUT2D eigenvalue weighted by molar-refractivity contribution is 1.15. The monoisotopic (exact) mass is 699 g/mol. The van der Waals surface area contributed by atoms with Crippen molar-refractivity contribution in [1.82, 2.24) is 13.7 Å². The van der Waals surface area contributed by atoms with Crippen molar-refractivity contribution in [2.24, 2.45) is 0 Å². The molecule has 3 heterocycles. The maximum absolute atomic E-state index is 10.6. The Kier molecular flexibility index (Phi) is 6.61. The Morgan fingerprint density at radius 2 is 0.855 bits per heavy atom. The molecule has 0 N–H and O–H groups in total. The first-order valence-electron chi connectivity index (χ1n) is 18.3. The summed E-state index contributed by atoms with van der Waals surface area (Å²) in [7, 11) is 0. The lowest BCUT2D eigenvalue weighted by Crippen LogP contribution is -2.01. The number of nitriles is 2. The summed E-state index contributed by atoms with van der Waals surface area (Å²) >= 11 is 0. The number of fused-ring (bicyclic) bond motifs is 9. The average Bonchev–Trinajstić information content (AvgIpc) is 3.88. The molecule has 0 radical (unpaired) electrons. The van der Waals surface area contributed by atoms with E-state index in [0.29, 0.717) is 11.1 Å². The van der Waals surface area contributed by atoms with Gasteiger partial charge in [0.2, 0.25) is 0 Å². The molecule has 0 bridgehead atoms. The SMILES string of the molecule is N#Cc1ccc2c(c1)c1ccccc1n2-c1ccc(-c2c(C#N)cccc2-n2c3ccccc3c3ccc(-n4c5ccccc5c5ccccc54)cc32)cc1. The van der Waals surface area contributed by atoms with Crippen molar-refractivity contribution in [3.63, 3.8) is 0 Å². The van der Waals surface area contributed by atoms with E-state index in [2.05, 4.69) is 159 Å². The van der Waals surface area contributed by atoms with E-state index in [-0.39, 0.29) is 0 Å². The van der Waals surface area contributed by atoms with Crippen LogP contribution < -0.4 is 0 Å². The molecule has 254 valence electrons. The fraction of sp³-hybridized carbons (Fsp3) is 0. The summed E-state index contributed by atoms with van der Waals surface area (Å²) in [6.07, 6.45) is 0. The lowest BCUT2D eigenvalue weighted by Gasteiger charge is -2.17. The second-order valence-electron chi connectivity index (χ2n) is 14.0.